The third kappa shape index (κ3) is 2.66. The minimum atomic E-state index is -1.13. The number of carboxylic acid groups (broad SMARTS) is 1. The second-order valence-electron chi connectivity index (χ2n) is 4.16. The molecule has 1 heterocycles. The third-order valence-corrected chi connectivity index (χ3v) is 2.94. The lowest BCUT2D eigenvalue weighted by atomic mass is 10.1. The van der Waals surface area contributed by atoms with Crippen LogP contribution in [-0.2, 0) is 16.1 Å². The molecule has 0 saturated carbocycles. The second-order valence-corrected chi connectivity index (χ2v) is 4.16. The summed E-state index contributed by atoms with van der Waals surface area (Å²) in [6.45, 7) is 0.231. The highest BCUT2D eigenvalue weighted by Gasteiger charge is 2.39. The van der Waals surface area contributed by atoms with Crippen LogP contribution in [0.3, 0.4) is 0 Å². The van der Waals surface area contributed by atoms with E-state index in [0.29, 0.717) is 5.56 Å². The number of aliphatic hydroxyl groups excluding tert-OH is 1. The van der Waals surface area contributed by atoms with Gasteiger partial charge < -0.3 is 14.9 Å². The molecule has 1 aliphatic rings. The number of carboxylic acids is 1. The molecule has 0 spiro atoms. The predicted octanol–water partition coefficient (Wildman–Crippen LogP) is 0.128. The van der Waals surface area contributed by atoms with Crippen molar-refractivity contribution in [2.24, 2.45) is 0 Å². The minimum absolute atomic E-state index is 0.00240. The lowest BCUT2D eigenvalue weighted by Crippen LogP contribution is -2.40. The molecule has 1 aromatic carbocycles. The topological polar surface area (TPSA) is 78.8 Å². The standard InChI is InChI=1S/C12H14FNO4/c13-8-4-2-1-3-7(8)6-18-9-5-14-10(11(9)15)12(16)17/h1-4,9-11,14-15H,5-6H2,(H,16,17)/t9?,10-,11?/m0/s1. The lowest BCUT2D eigenvalue weighted by molar-refractivity contribution is -0.142. The molecule has 1 aliphatic heterocycles. The molecule has 0 radical (unpaired) electrons. The average molecular weight is 255 g/mol. The highest BCUT2D eigenvalue weighted by Crippen LogP contribution is 2.15. The van der Waals surface area contributed by atoms with Gasteiger partial charge in [-0.1, -0.05) is 18.2 Å². The zero-order valence-corrected chi connectivity index (χ0v) is 9.54. The maximum atomic E-state index is 13.3. The van der Waals surface area contributed by atoms with Crippen LogP contribution in [0.1, 0.15) is 5.56 Å². The van der Waals surface area contributed by atoms with Gasteiger partial charge in [0.2, 0.25) is 0 Å². The smallest absolute Gasteiger partial charge is 0.323 e. The van der Waals surface area contributed by atoms with Crippen molar-refractivity contribution in [2.75, 3.05) is 6.54 Å². The second kappa shape index (κ2) is 5.43. The first-order valence-electron chi connectivity index (χ1n) is 5.59. The summed E-state index contributed by atoms with van der Waals surface area (Å²) in [6.07, 6.45) is -1.78. The largest absolute Gasteiger partial charge is 0.480 e. The molecule has 3 N–H and O–H groups in total. The maximum Gasteiger partial charge on any atom is 0.323 e. The Morgan fingerprint density at radius 2 is 2.22 bits per heavy atom. The number of aliphatic hydroxyl groups is 1. The Hall–Kier alpha value is -1.50. The van der Waals surface area contributed by atoms with E-state index in [2.05, 4.69) is 5.32 Å². The molecule has 0 bridgehead atoms. The van der Waals surface area contributed by atoms with Crippen LogP contribution in [0, 0.1) is 5.82 Å². The summed E-state index contributed by atoms with van der Waals surface area (Å²) in [5, 5.41) is 21.1. The number of nitrogens with one attached hydrogen (secondary N) is 1. The summed E-state index contributed by atoms with van der Waals surface area (Å²) in [7, 11) is 0. The van der Waals surface area contributed by atoms with Gasteiger partial charge in [0.1, 0.15) is 18.0 Å². The molecule has 6 heteroatoms. The number of aliphatic carboxylic acids is 1. The van der Waals surface area contributed by atoms with E-state index in [0.717, 1.165) is 0 Å². The summed E-state index contributed by atoms with van der Waals surface area (Å²) in [6, 6.07) is 5.13. The Morgan fingerprint density at radius 1 is 1.50 bits per heavy atom. The first kappa shape index (κ1) is 12.9. The van der Waals surface area contributed by atoms with Crippen LogP contribution in [-0.4, -0.2) is 41.0 Å². The normalized spacial score (nSPS) is 27.3. The molecule has 98 valence electrons. The Morgan fingerprint density at radius 3 is 2.83 bits per heavy atom. The van der Waals surface area contributed by atoms with E-state index < -0.39 is 24.2 Å². The number of benzene rings is 1. The Balaban J connectivity index is 1.92. The molecule has 1 aromatic rings. The summed E-state index contributed by atoms with van der Waals surface area (Å²) in [5.74, 6) is -1.51. The van der Waals surface area contributed by atoms with Crippen LogP contribution < -0.4 is 5.32 Å². The van der Waals surface area contributed by atoms with E-state index in [9.17, 15) is 14.3 Å². The molecule has 0 amide bonds. The molecular formula is C12H14FNO4. The fraction of sp³-hybridized carbons (Fsp3) is 0.417. The number of carbonyl (C=O) groups is 1. The Labute approximate surface area is 103 Å². The Bertz CT molecular complexity index is 440. The summed E-state index contributed by atoms with van der Waals surface area (Å²) < 4.78 is 18.7. The van der Waals surface area contributed by atoms with E-state index in [4.69, 9.17) is 9.84 Å². The molecular weight excluding hydrogens is 241 g/mol. The zero-order chi connectivity index (χ0) is 13.1. The highest BCUT2D eigenvalue weighted by molar-refractivity contribution is 5.74. The average Bonchev–Trinajstić information content (AvgIpc) is 2.70. The molecule has 3 atom stereocenters. The predicted molar refractivity (Wildman–Crippen MR) is 60.4 cm³/mol. The third-order valence-electron chi connectivity index (χ3n) is 2.94. The maximum absolute atomic E-state index is 13.3. The zero-order valence-electron chi connectivity index (χ0n) is 9.54. The summed E-state index contributed by atoms with van der Waals surface area (Å²) >= 11 is 0. The van der Waals surface area contributed by atoms with Gasteiger partial charge in [0.25, 0.3) is 0 Å². The van der Waals surface area contributed by atoms with Gasteiger partial charge in [-0.05, 0) is 6.07 Å². The van der Waals surface area contributed by atoms with Crippen LogP contribution in [0.4, 0.5) is 4.39 Å². The van der Waals surface area contributed by atoms with E-state index in [1.807, 2.05) is 0 Å². The molecule has 18 heavy (non-hydrogen) atoms. The van der Waals surface area contributed by atoms with Crippen LogP contribution in [0.5, 0.6) is 0 Å². The highest BCUT2D eigenvalue weighted by atomic mass is 19.1. The number of hydrogen-bond donors (Lipinski definition) is 3. The van der Waals surface area contributed by atoms with E-state index in [1.54, 1.807) is 18.2 Å². The number of halogens is 1. The van der Waals surface area contributed by atoms with Crippen molar-refractivity contribution in [1.82, 2.24) is 5.32 Å². The van der Waals surface area contributed by atoms with E-state index in [1.165, 1.54) is 6.07 Å². The molecule has 5 nitrogen and oxygen atoms in total. The van der Waals surface area contributed by atoms with Gasteiger partial charge >= 0.3 is 5.97 Å². The van der Waals surface area contributed by atoms with Crippen molar-refractivity contribution >= 4 is 5.97 Å². The molecule has 0 aliphatic carbocycles. The Kier molecular flexibility index (Phi) is 3.90. The van der Waals surface area contributed by atoms with Crippen LogP contribution in [0.25, 0.3) is 0 Å². The van der Waals surface area contributed by atoms with Gasteiger partial charge in [-0.3, -0.25) is 10.1 Å². The SMILES string of the molecule is O=C(O)[C@H]1NCC(OCc2ccccc2F)C1O. The molecule has 1 saturated heterocycles. The summed E-state index contributed by atoms with van der Waals surface area (Å²) in [5.41, 5.74) is 0.378. The van der Waals surface area contributed by atoms with Crippen LogP contribution in [0.2, 0.25) is 0 Å². The molecule has 0 aromatic heterocycles. The van der Waals surface area contributed by atoms with Gasteiger partial charge in [0.05, 0.1) is 12.7 Å². The fourth-order valence-corrected chi connectivity index (χ4v) is 1.90. The van der Waals surface area contributed by atoms with Crippen LogP contribution >= 0.6 is 0 Å². The molecule has 2 unspecified atom stereocenters. The lowest BCUT2D eigenvalue weighted by Gasteiger charge is -2.16. The number of ether oxygens (including phenoxy) is 1. The van der Waals surface area contributed by atoms with Crippen LogP contribution in [0.15, 0.2) is 24.3 Å². The number of hydrogen-bond acceptors (Lipinski definition) is 4. The van der Waals surface area contributed by atoms with Crippen molar-refractivity contribution in [3.05, 3.63) is 35.6 Å². The van der Waals surface area contributed by atoms with Crippen molar-refractivity contribution in [2.45, 2.75) is 24.9 Å². The van der Waals surface area contributed by atoms with E-state index in [-0.39, 0.29) is 19.0 Å². The van der Waals surface area contributed by atoms with Gasteiger partial charge in [-0.25, -0.2) is 4.39 Å². The van der Waals surface area contributed by atoms with Gasteiger partial charge in [0.15, 0.2) is 0 Å². The molecule has 2 rings (SSSR count). The van der Waals surface area contributed by atoms with Crippen molar-refractivity contribution in [3.8, 4) is 0 Å². The van der Waals surface area contributed by atoms with Crippen molar-refractivity contribution in [3.63, 3.8) is 0 Å². The summed E-state index contributed by atoms with van der Waals surface area (Å²) in [4.78, 5) is 10.7. The van der Waals surface area contributed by atoms with Gasteiger partial charge in [0, 0.05) is 12.1 Å². The van der Waals surface area contributed by atoms with E-state index >= 15 is 0 Å². The first-order chi connectivity index (χ1) is 8.59. The van der Waals surface area contributed by atoms with Gasteiger partial charge in [-0.15, -0.1) is 0 Å². The number of rotatable bonds is 4. The monoisotopic (exact) mass is 255 g/mol. The minimum Gasteiger partial charge on any atom is -0.480 e. The fourth-order valence-electron chi connectivity index (χ4n) is 1.90. The molecule has 1 fully saturated rings. The van der Waals surface area contributed by atoms with Crippen molar-refractivity contribution in [1.29, 1.82) is 0 Å². The van der Waals surface area contributed by atoms with Crippen molar-refractivity contribution < 1.29 is 24.1 Å². The quantitative estimate of drug-likeness (QED) is 0.712. The first-order valence-corrected chi connectivity index (χ1v) is 5.59. The van der Waals surface area contributed by atoms with Gasteiger partial charge in [-0.2, -0.15) is 0 Å².